The van der Waals surface area contributed by atoms with E-state index in [4.69, 9.17) is 23.2 Å². The summed E-state index contributed by atoms with van der Waals surface area (Å²) in [5.74, 6) is -0.331. The number of nitrogens with one attached hydrogen (secondary N) is 1. The molecule has 7 heteroatoms. The van der Waals surface area contributed by atoms with Crippen molar-refractivity contribution in [3.05, 3.63) is 85.0 Å². The third kappa shape index (κ3) is 4.04. The predicted molar refractivity (Wildman–Crippen MR) is 118 cm³/mol. The van der Waals surface area contributed by atoms with Crippen molar-refractivity contribution in [2.45, 2.75) is 19.9 Å². The van der Waals surface area contributed by atoms with E-state index in [2.05, 4.69) is 16.8 Å². The van der Waals surface area contributed by atoms with Crippen molar-refractivity contribution in [2.75, 3.05) is 11.9 Å². The molecule has 0 bridgehead atoms. The minimum atomic E-state index is -0.308. The fraction of sp³-hybridized carbons (Fsp3) is 0.182. The van der Waals surface area contributed by atoms with Crippen molar-refractivity contribution in [2.24, 2.45) is 0 Å². The summed E-state index contributed by atoms with van der Waals surface area (Å²) in [5, 5.41) is 5.65. The first kappa shape index (κ1) is 20.0. The maximum absolute atomic E-state index is 13.1. The molecule has 4 nitrogen and oxygen atoms in total. The average Bonchev–Trinajstić information content (AvgIpc) is 3.19. The van der Waals surface area contributed by atoms with E-state index in [0.29, 0.717) is 39.9 Å². The van der Waals surface area contributed by atoms with Crippen molar-refractivity contribution in [3.8, 4) is 0 Å². The van der Waals surface area contributed by atoms with Gasteiger partial charge in [0.15, 0.2) is 0 Å². The van der Waals surface area contributed by atoms with E-state index in [9.17, 15) is 9.59 Å². The topological polar surface area (TPSA) is 49.4 Å². The second-order valence-corrected chi connectivity index (χ2v) is 8.72. The second-order valence-electron chi connectivity index (χ2n) is 6.91. The van der Waals surface area contributed by atoms with Crippen molar-refractivity contribution >= 4 is 52.0 Å². The number of nitrogens with zero attached hydrogens (tertiary/aromatic N) is 1. The normalized spacial score (nSPS) is 13.1. The number of halogens is 2. The standard InChI is InChI=1S/C22H18Cl2N2O2S/c1-13-16(22(28)26-9-7-20-15(12-26)8-10-29-20)3-2-4-19(13)25-21(27)14-5-6-17(23)18(24)11-14/h2-6,8,10-11H,7,9,12H2,1H3,(H,25,27). The Bertz CT molecular complexity index is 1110. The lowest BCUT2D eigenvalue weighted by atomic mass is 10.0. The number of hydrogen-bond acceptors (Lipinski definition) is 3. The lowest BCUT2D eigenvalue weighted by Crippen LogP contribution is -2.35. The highest BCUT2D eigenvalue weighted by atomic mass is 35.5. The summed E-state index contributed by atoms with van der Waals surface area (Å²) >= 11 is 13.7. The summed E-state index contributed by atoms with van der Waals surface area (Å²) in [5.41, 5.74) is 3.55. The van der Waals surface area contributed by atoms with Gasteiger partial charge in [0.1, 0.15) is 0 Å². The minimum absolute atomic E-state index is 0.0232. The van der Waals surface area contributed by atoms with Gasteiger partial charge in [-0.1, -0.05) is 29.3 Å². The lowest BCUT2D eigenvalue weighted by molar-refractivity contribution is 0.0735. The van der Waals surface area contributed by atoms with E-state index < -0.39 is 0 Å². The van der Waals surface area contributed by atoms with Crippen LogP contribution in [-0.2, 0) is 13.0 Å². The zero-order valence-electron chi connectivity index (χ0n) is 15.7. The number of rotatable bonds is 3. The van der Waals surface area contributed by atoms with Crippen molar-refractivity contribution in [1.82, 2.24) is 4.90 Å². The van der Waals surface area contributed by atoms with E-state index in [1.54, 1.807) is 41.7 Å². The van der Waals surface area contributed by atoms with Gasteiger partial charge >= 0.3 is 0 Å². The first-order chi connectivity index (χ1) is 13.9. The summed E-state index contributed by atoms with van der Waals surface area (Å²) in [7, 11) is 0. The van der Waals surface area contributed by atoms with Gasteiger partial charge in [-0.15, -0.1) is 11.3 Å². The van der Waals surface area contributed by atoms with Crippen molar-refractivity contribution in [3.63, 3.8) is 0 Å². The smallest absolute Gasteiger partial charge is 0.255 e. The molecule has 2 aromatic carbocycles. The fourth-order valence-corrected chi connectivity index (χ4v) is 4.61. The van der Waals surface area contributed by atoms with E-state index >= 15 is 0 Å². The summed E-state index contributed by atoms with van der Waals surface area (Å²) in [6, 6.07) is 12.2. The Morgan fingerprint density at radius 1 is 1.10 bits per heavy atom. The van der Waals surface area contributed by atoms with Gasteiger partial charge in [-0.05, 0) is 66.2 Å². The van der Waals surface area contributed by atoms with Crippen LogP contribution in [0.1, 0.15) is 36.7 Å². The average molecular weight is 445 g/mol. The lowest BCUT2D eigenvalue weighted by Gasteiger charge is -2.28. The zero-order valence-corrected chi connectivity index (χ0v) is 18.0. The monoisotopic (exact) mass is 444 g/mol. The summed E-state index contributed by atoms with van der Waals surface area (Å²) < 4.78 is 0. The Labute approximate surface area is 183 Å². The molecule has 1 aliphatic heterocycles. The molecule has 148 valence electrons. The number of carbonyl (C=O) groups is 2. The summed E-state index contributed by atoms with van der Waals surface area (Å²) in [6.45, 7) is 3.17. The molecule has 0 atom stereocenters. The maximum Gasteiger partial charge on any atom is 0.255 e. The maximum atomic E-state index is 13.1. The molecule has 0 aliphatic carbocycles. The molecule has 4 rings (SSSR count). The third-order valence-electron chi connectivity index (χ3n) is 5.09. The zero-order chi connectivity index (χ0) is 20.5. The largest absolute Gasteiger partial charge is 0.334 e. The van der Waals surface area contributed by atoms with Crippen LogP contribution in [-0.4, -0.2) is 23.3 Å². The first-order valence-corrected chi connectivity index (χ1v) is 10.8. The van der Waals surface area contributed by atoms with Crippen LogP contribution in [0.15, 0.2) is 47.8 Å². The quantitative estimate of drug-likeness (QED) is 0.553. The second kappa shape index (κ2) is 8.19. The van der Waals surface area contributed by atoms with Crippen molar-refractivity contribution < 1.29 is 9.59 Å². The Morgan fingerprint density at radius 3 is 2.72 bits per heavy atom. The van der Waals surface area contributed by atoms with E-state index in [0.717, 1.165) is 12.0 Å². The molecule has 0 radical (unpaired) electrons. The van der Waals surface area contributed by atoms with E-state index in [1.165, 1.54) is 16.5 Å². The van der Waals surface area contributed by atoms with Crippen LogP contribution < -0.4 is 5.32 Å². The number of amides is 2. The van der Waals surface area contributed by atoms with Gasteiger partial charge in [0.05, 0.1) is 10.0 Å². The number of fused-ring (bicyclic) bond motifs is 1. The highest BCUT2D eigenvalue weighted by Gasteiger charge is 2.24. The van der Waals surface area contributed by atoms with Crippen LogP contribution in [0.4, 0.5) is 5.69 Å². The Balaban J connectivity index is 1.55. The Kier molecular flexibility index (Phi) is 5.63. The number of thiophene rings is 1. The summed E-state index contributed by atoms with van der Waals surface area (Å²) in [4.78, 5) is 29.0. The van der Waals surface area contributed by atoms with E-state index in [-0.39, 0.29) is 11.8 Å². The minimum Gasteiger partial charge on any atom is -0.334 e. The molecule has 3 aromatic rings. The van der Waals surface area contributed by atoms with Gasteiger partial charge in [-0.2, -0.15) is 0 Å². The third-order valence-corrected chi connectivity index (χ3v) is 6.85. The van der Waals surface area contributed by atoms with Crippen LogP contribution in [0.2, 0.25) is 10.0 Å². The molecule has 0 saturated heterocycles. The molecule has 1 aromatic heterocycles. The van der Waals surface area contributed by atoms with E-state index in [1.807, 2.05) is 11.8 Å². The van der Waals surface area contributed by atoms with Gasteiger partial charge in [0.2, 0.25) is 0 Å². The predicted octanol–water partition coefficient (Wildman–Crippen LogP) is 5.81. The molecule has 29 heavy (non-hydrogen) atoms. The molecule has 1 aliphatic rings. The molecule has 0 unspecified atom stereocenters. The molecule has 1 N–H and O–H groups in total. The Hall–Kier alpha value is -2.34. The van der Waals surface area contributed by atoms with Gasteiger partial charge in [0.25, 0.3) is 11.8 Å². The van der Waals surface area contributed by atoms with Crippen LogP contribution in [0.25, 0.3) is 0 Å². The first-order valence-electron chi connectivity index (χ1n) is 9.14. The molecular formula is C22H18Cl2N2O2S. The van der Waals surface area contributed by atoms with Crippen LogP contribution in [0.3, 0.4) is 0 Å². The summed E-state index contributed by atoms with van der Waals surface area (Å²) in [6.07, 6.45) is 0.880. The van der Waals surface area contributed by atoms with Gasteiger partial charge < -0.3 is 10.2 Å². The van der Waals surface area contributed by atoms with Crippen molar-refractivity contribution in [1.29, 1.82) is 0 Å². The molecule has 2 amide bonds. The van der Waals surface area contributed by atoms with Crippen LogP contribution >= 0.6 is 34.5 Å². The SMILES string of the molecule is Cc1c(NC(=O)c2ccc(Cl)c(Cl)c2)cccc1C(=O)N1CCc2sccc2C1. The molecule has 0 saturated carbocycles. The number of benzene rings is 2. The van der Waals surface area contributed by atoms with Gasteiger partial charge in [-0.25, -0.2) is 0 Å². The number of hydrogen-bond donors (Lipinski definition) is 1. The van der Waals surface area contributed by atoms with Gasteiger partial charge in [-0.3, -0.25) is 9.59 Å². The van der Waals surface area contributed by atoms with Gasteiger partial charge in [0, 0.05) is 34.8 Å². The molecule has 0 fully saturated rings. The fourth-order valence-electron chi connectivity index (χ4n) is 3.43. The van der Waals surface area contributed by atoms with Crippen LogP contribution in [0.5, 0.6) is 0 Å². The number of carbonyl (C=O) groups excluding carboxylic acids is 2. The molecule has 0 spiro atoms. The molecular weight excluding hydrogens is 427 g/mol. The number of anilines is 1. The molecule has 2 heterocycles. The highest BCUT2D eigenvalue weighted by molar-refractivity contribution is 7.10. The Morgan fingerprint density at radius 2 is 1.93 bits per heavy atom. The van der Waals surface area contributed by atoms with Crippen LogP contribution in [0, 0.1) is 6.92 Å². The highest BCUT2D eigenvalue weighted by Crippen LogP contribution is 2.28.